The summed E-state index contributed by atoms with van der Waals surface area (Å²) < 4.78 is 39.5. The highest BCUT2D eigenvalue weighted by molar-refractivity contribution is 7.20. The molecule has 3 aromatic rings. The highest BCUT2D eigenvalue weighted by Crippen LogP contribution is 2.31. The number of nitrogens with one attached hydrogen (secondary N) is 1. The van der Waals surface area contributed by atoms with Crippen molar-refractivity contribution in [2.24, 2.45) is 0 Å². The number of para-hydroxylation sites is 1. The van der Waals surface area contributed by atoms with E-state index < -0.39 is 30.0 Å². The molecule has 4 nitrogen and oxygen atoms in total. The first kappa shape index (κ1) is 17.1. The Hall–Kier alpha value is -2.74. The first-order chi connectivity index (χ1) is 11.9. The summed E-state index contributed by atoms with van der Waals surface area (Å²) in [6.45, 7) is -0.398. The van der Waals surface area contributed by atoms with Crippen molar-refractivity contribution >= 4 is 33.2 Å². The second kappa shape index (κ2) is 6.64. The van der Waals surface area contributed by atoms with Crippen molar-refractivity contribution < 1.29 is 22.8 Å². The smallest absolute Gasteiger partial charge is 0.345 e. The lowest BCUT2D eigenvalue weighted by atomic mass is 10.1. The van der Waals surface area contributed by atoms with E-state index in [1.807, 2.05) is 0 Å². The number of hydrogen-bond donors (Lipinski definition) is 1. The lowest BCUT2D eigenvalue weighted by Gasteiger charge is -2.12. The highest BCUT2D eigenvalue weighted by Gasteiger charge is 2.33. The molecule has 0 spiro atoms. The molecule has 0 saturated carbocycles. The fourth-order valence-corrected chi connectivity index (χ4v) is 3.18. The van der Waals surface area contributed by atoms with Gasteiger partial charge in [-0.15, -0.1) is 11.3 Å². The van der Waals surface area contributed by atoms with E-state index in [0.717, 1.165) is 22.1 Å². The van der Waals surface area contributed by atoms with Crippen LogP contribution in [-0.4, -0.2) is 16.7 Å². The van der Waals surface area contributed by atoms with Gasteiger partial charge in [0, 0.05) is 6.54 Å². The Bertz CT molecular complexity index is 917. The molecule has 128 valence electrons. The van der Waals surface area contributed by atoms with Crippen LogP contribution in [0.15, 0.2) is 48.5 Å². The monoisotopic (exact) mass is 364 g/mol. The minimum absolute atomic E-state index is 0.00260. The van der Waals surface area contributed by atoms with E-state index >= 15 is 0 Å². The van der Waals surface area contributed by atoms with Crippen LogP contribution in [0.1, 0.15) is 20.9 Å². The van der Waals surface area contributed by atoms with Crippen LogP contribution in [0, 0.1) is 0 Å². The molecule has 8 heteroatoms. The maximum atomic E-state index is 12.9. The number of carbonyl (C=O) groups is 2. The van der Waals surface area contributed by atoms with E-state index in [-0.39, 0.29) is 10.6 Å². The topological polar surface area (TPSA) is 59.1 Å². The summed E-state index contributed by atoms with van der Waals surface area (Å²) in [5, 5.41) is 2.23. The van der Waals surface area contributed by atoms with Crippen LogP contribution in [0.3, 0.4) is 0 Å². The van der Waals surface area contributed by atoms with Gasteiger partial charge in [0.15, 0.2) is 5.01 Å². The average Bonchev–Trinajstić information content (AvgIpc) is 3.02. The van der Waals surface area contributed by atoms with Crippen LogP contribution in [-0.2, 0) is 17.5 Å². The Kier molecular flexibility index (Phi) is 4.54. The lowest BCUT2D eigenvalue weighted by molar-refractivity contribution is -0.138. The third-order valence-electron chi connectivity index (χ3n) is 3.46. The maximum Gasteiger partial charge on any atom is 0.416 e. The third kappa shape index (κ3) is 3.69. The summed E-state index contributed by atoms with van der Waals surface area (Å²) in [5.41, 5.74) is -0.366. The van der Waals surface area contributed by atoms with Crippen LogP contribution in [0.4, 0.5) is 13.2 Å². The van der Waals surface area contributed by atoms with Crippen LogP contribution in [0.2, 0.25) is 0 Å². The van der Waals surface area contributed by atoms with E-state index in [0.29, 0.717) is 5.52 Å². The fourth-order valence-electron chi connectivity index (χ4n) is 2.27. The molecule has 1 N–H and O–H groups in total. The Morgan fingerprint density at radius 2 is 1.72 bits per heavy atom. The molecular weight excluding hydrogens is 353 g/mol. The summed E-state index contributed by atoms with van der Waals surface area (Å²) in [6, 6.07) is 11.9. The van der Waals surface area contributed by atoms with Crippen LogP contribution in [0.5, 0.6) is 0 Å². The molecule has 1 aromatic heterocycles. The molecule has 0 saturated heterocycles. The number of nitrogens with zero attached hydrogens (tertiary/aromatic N) is 1. The summed E-state index contributed by atoms with van der Waals surface area (Å²) in [4.78, 5) is 28.2. The number of fused-ring (bicyclic) bond motifs is 1. The Balaban J connectivity index is 1.74. The minimum Gasteiger partial charge on any atom is -0.345 e. The van der Waals surface area contributed by atoms with E-state index in [1.165, 1.54) is 18.2 Å². The van der Waals surface area contributed by atoms with Gasteiger partial charge in [0.2, 0.25) is 0 Å². The quantitative estimate of drug-likeness (QED) is 0.566. The fraction of sp³-hybridized carbons (Fsp3) is 0.118. The number of carbonyl (C=O) groups excluding carboxylic acids is 2. The molecule has 0 radical (unpaired) electrons. The molecule has 0 atom stereocenters. The molecule has 25 heavy (non-hydrogen) atoms. The van der Waals surface area contributed by atoms with Crippen molar-refractivity contribution in [3.8, 4) is 0 Å². The Morgan fingerprint density at radius 3 is 2.44 bits per heavy atom. The van der Waals surface area contributed by atoms with Crippen molar-refractivity contribution in [2.45, 2.75) is 12.7 Å². The van der Waals surface area contributed by atoms with Gasteiger partial charge in [-0.1, -0.05) is 30.3 Å². The van der Waals surface area contributed by atoms with E-state index in [2.05, 4.69) is 10.3 Å². The number of thiazole rings is 1. The summed E-state index contributed by atoms with van der Waals surface area (Å²) in [7, 11) is 0. The van der Waals surface area contributed by atoms with E-state index in [1.54, 1.807) is 24.3 Å². The molecule has 2 aromatic carbocycles. The van der Waals surface area contributed by atoms with Crippen molar-refractivity contribution in [2.75, 3.05) is 0 Å². The van der Waals surface area contributed by atoms with Gasteiger partial charge in [-0.3, -0.25) is 9.59 Å². The highest BCUT2D eigenvalue weighted by atomic mass is 32.1. The standard InChI is InChI=1S/C17H11F3N2O2S/c18-17(19,20)11-6-2-1-5-10(11)9-21-15(24)14(23)16-22-12-7-3-4-8-13(12)25-16/h1-8H,9H2,(H,21,24). The number of alkyl halides is 3. The normalized spacial score (nSPS) is 11.5. The zero-order valence-corrected chi connectivity index (χ0v) is 13.4. The molecule has 0 bridgehead atoms. The number of rotatable bonds is 4. The zero-order valence-electron chi connectivity index (χ0n) is 12.6. The van der Waals surface area contributed by atoms with Crippen molar-refractivity contribution in [3.05, 3.63) is 64.7 Å². The van der Waals surface area contributed by atoms with E-state index in [4.69, 9.17) is 0 Å². The van der Waals surface area contributed by atoms with Crippen molar-refractivity contribution in [1.29, 1.82) is 0 Å². The number of aromatic nitrogens is 1. The lowest BCUT2D eigenvalue weighted by Crippen LogP contribution is -2.31. The SMILES string of the molecule is O=C(NCc1ccccc1C(F)(F)F)C(=O)c1nc2ccccc2s1. The largest absolute Gasteiger partial charge is 0.416 e. The van der Waals surface area contributed by atoms with Crippen LogP contribution in [0.25, 0.3) is 10.2 Å². The summed E-state index contributed by atoms with van der Waals surface area (Å²) >= 11 is 1.06. The van der Waals surface area contributed by atoms with Gasteiger partial charge < -0.3 is 5.32 Å². The number of ketones is 1. The predicted molar refractivity (Wildman–Crippen MR) is 87.2 cm³/mol. The second-order valence-corrected chi connectivity index (χ2v) is 6.18. The van der Waals surface area contributed by atoms with Crippen LogP contribution < -0.4 is 5.32 Å². The molecule has 0 fully saturated rings. The van der Waals surface area contributed by atoms with Gasteiger partial charge in [0.05, 0.1) is 15.8 Å². The third-order valence-corrected chi connectivity index (χ3v) is 4.49. The number of hydrogen-bond acceptors (Lipinski definition) is 4. The molecule has 3 rings (SSSR count). The second-order valence-electron chi connectivity index (χ2n) is 5.15. The van der Waals surface area contributed by atoms with Crippen molar-refractivity contribution in [3.63, 3.8) is 0 Å². The van der Waals surface area contributed by atoms with E-state index in [9.17, 15) is 22.8 Å². The molecule has 1 heterocycles. The maximum absolute atomic E-state index is 12.9. The molecule has 0 unspecified atom stereocenters. The average molecular weight is 364 g/mol. The van der Waals surface area contributed by atoms with Crippen molar-refractivity contribution in [1.82, 2.24) is 10.3 Å². The van der Waals surface area contributed by atoms with Gasteiger partial charge in [0.1, 0.15) is 0 Å². The zero-order chi connectivity index (χ0) is 18.0. The molecule has 0 aliphatic rings. The van der Waals surface area contributed by atoms with Gasteiger partial charge in [0.25, 0.3) is 11.7 Å². The van der Waals surface area contributed by atoms with Crippen LogP contribution >= 0.6 is 11.3 Å². The number of benzene rings is 2. The van der Waals surface area contributed by atoms with Gasteiger partial charge >= 0.3 is 6.18 Å². The first-order valence-electron chi connectivity index (χ1n) is 7.19. The molecule has 0 aliphatic heterocycles. The Labute approximate surface area is 144 Å². The van der Waals surface area contributed by atoms with Gasteiger partial charge in [-0.25, -0.2) is 4.98 Å². The summed E-state index contributed by atoms with van der Waals surface area (Å²) in [5.74, 6) is -1.86. The first-order valence-corrected chi connectivity index (χ1v) is 8.01. The number of amides is 1. The summed E-state index contributed by atoms with van der Waals surface area (Å²) in [6.07, 6.45) is -4.53. The predicted octanol–water partition coefficient (Wildman–Crippen LogP) is 3.81. The minimum atomic E-state index is -4.53. The van der Waals surface area contributed by atoms with Gasteiger partial charge in [-0.05, 0) is 23.8 Å². The molecule has 0 aliphatic carbocycles. The Morgan fingerprint density at radius 1 is 1.04 bits per heavy atom. The van der Waals surface area contributed by atoms with Gasteiger partial charge in [-0.2, -0.15) is 13.2 Å². The number of Topliss-reactive ketones (excluding diaryl/α,β-unsaturated/α-hetero) is 1. The molecule has 1 amide bonds. The molecular formula is C17H11F3N2O2S. The number of halogens is 3.